The van der Waals surface area contributed by atoms with Crippen LogP contribution in [0.1, 0.15) is 33.6 Å². The van der Waals surface area contributed by atoms with Gasteiger partial charge < -0.3 is 5.11 Å². The van der Waals surface area contributed by atoms with Gasteiger partial charge in [0.2, 0.25) is 0 Å². The van der Waals surface area contributed by atoms with Crippen LogP contribution in [0.4, 0.5) is 0 Å². The summed E-state index contributed by atoms with van der Waals surface area (Å²) >= 11 is 0. The second kappa shape index (κ2) is 3.46. The van der Waals surface area contributed by atoms with E-state index in [2.05, 4.69) is 20.8 Å². The monoisotopic (exact) mass is 170 g/mol. The Morgan fingerprint density at radius 2 is 2.08 bits per heavy atom. The Balaban J connectivity index is 2.71. The normalized spacial score (nSPS) is 41.6. The smallest absolute Gasteiger partial charge is 0.306 e. The fraction of sp³-hybridized carbons (Fsp3) is 0.900. The molecule has 1 N–H and O–H groups in total. The van der Waals surface area contributed by atoms with Crippen molar-refractivity contribution in [2.45, 2.75) is 33.6 Å². The highest BCUT2D eigenvalue weighted by atomic mass is 16.4. The molecule has 0 aromatic rings. The molecule has 0 bridgehead atoms. The zero-order valence-electron chi connectivity index (χ0n) is 8.08. The van der Waals surface area contributed by atoms with Crippen molar-refractivity contribution in [3.63, 3.8) is 0 Å². The fourth-order valence-corrected chi connectivity index (χ4v) is 2.52. The van der Waals surface area contributed by atoms with E-state index in [-0.39, 0.29) is 5.92 Å². The highest BCUT2D eigenvalue weighted by molar-refractivity contribution is 5.70. The summed E-state index contributed by atoms with van der Waals surface area (Å²) in [5, 5.41) is 8.95. The van der Waals surface area contributed by atoms with Crippen molar-refractivity contribution in [1.82, 2.24) is 0 Å². The van der Waals surface area contributed by atoms with Crippen molar-refractivity contribution >= 4 is 5.97 Å². The number of hydrogen-bond acceptors (Lipinski definition) is 1. The molecule has 0 heterocycles. The van der Waals surface area contributed by atoms with Gasteiger partial charge in [-0.15, -0.1) is 0 Å². The minimum absolute atomic E-state index is 0.0833. The van der Waals surface area contributed by atoms with Crippen LogP contribution < -0.4 is 0 Å². The summed E-state index contributed by atoms with van der Waals surface area (Å²) in [6, 6.07) is 0. The summed E-state index contributed by atoms with van der Waals surface area (Å²) in [6.07, 6.45) is 1.87. The first-order valence-electron chi connectivity index (χ1n) is 4.80. The van der Waals surface area contributed by atoms with E-state index in [1.807, 2.05) is 0 Å². The molecule has 0 spiro atoms. The molecule has 0 saturated heterocycles. The van der Waals surface area contributed by atoms with Crippen LogP contribution in [0.2, 0.25) is 0 Å². The predicted octanol–water partition coefficient (Wildman–Crippen LogP) is 2.39. The zero-order valence-corrected chi connectivity index (χ0v) is 8.08. The molecule has 1 aliphatic carbocycles. The Hall–Kier alpha value is -0.530. The minimum Gasteiger partial charge on any atom is -0.481 e. The van der Waals surface area contributed by atoms with Crippen LogP contribution in [0.25, 0.3) is 0 Å². The molecular formula is C10H18O2. The topological polar surface area (TPSA) is 37.3 Å². The molecule has 2 nitrogen and oxygen atoms in total. The van der Waals surface area contributed by atoms with Gasteiger partial charge in [0.25, 0.3) is 0 Å². The first-order valence-corrected chi connectivity index (χ1v) is 4.80. The lowest BCUT2D eigenvalue weighted by Gasteiger charge is -2.18. The van der Waals surface area contributed by atoms with Gasteiger partial charge in [-0.1, -0.05) is 27.2 Å². The maximum absolute atomic E-state index is 10.9. The van der Waals surface area contributed by atoms with E-state index < -0.39 is 5.97 Å². The first kappa shape index (κ1) is 9.56. The third kappa shape index (κ3) is 1.47. The van der Waals surface area contributed by atoms with E-state index >= 15 is 0 Å². The van der Waals surface area contributed by atoms with E-state index in [1.54, 1.807) is 0 Å². The molecule has 70 valence electrons. The molecular weight excluding hydrogens is 152 g/mol. The minimum atomic E-state index is -0.599. The Labute approximate surface area is 74.0 Å². The molecule has 1 rings (SSSR count). The van der Waals surface area contributed by atoms with E-state index in [0.29, 0.717) is 17.8 Å². The number of rotatable bonds is 2. The van der Waals surface area contributed by atoms with Gasteiger partial charge in [-0.2, -0.15) is 0 Å². The van der Waals surface area contributed by atoms with Crippen LogP contribution in [-0.4, -0.2) is 11.1 Å². The van der Waals surface area contributed by atoms with Gasteiger partial charge in [0.05, 0.1) is 5.92 Å². The number of carbonyl (C=O) groups is 1. The molecule has 12 heavy (non-hydrogen) atoms. The number of hydrogen-bond donors (Lipinski definition) is 1. The summed E-state index contributed by atoms with van der Waals surface area (Å²) in [6.45, 7) is 6.44. The van der Waals surface area contributed by atoms with Crippen molar-refractivity contribution in [3.05, 3.63) is 0 Å². The molecule has 0 aromatic heterocycles. The third-order valence-electron chi connectivity index (χ3n) is 3.50. The molecule has 4 unspecified atom stereocenters. The molecule has 1 saturated carbocycles. The largest absolute Gasteiger partial charge is 0.481 e. The quantitative estimate of drug-likeness (QED) is 0.691. The molecule has 4 atom stereocenters. The van der Waals surface area contributed by atoms with Crippen LogP contribution in [0, 0.1) is 23.7 Å². The summed E-state index contributed by atoms with van der Waals surface area (Å²) < 4.78 is 0. The van der Waals surface area contributed by atoms with Gasteiger partial charge >= 0.3 is 5.97 Å². The van der Waals surface area contributed by atoms with Crippen LogP contribution in [-0.2, 0) is 4.79 Å². The average Bonchev–Trinajstić information content (AvgIpc) is 2.29. The highest BCUT2D eigenvalue weighted by Crippen LogP contribution is 2.42. The van der Waals surface area contributed by atoms with Gasteiger partial charge in [0.1, 0.15) is 0 Å². The van der Waals surface area contributed by atoms with Gasteiger partial charge in [-0.05, 0) is 24.2 Å². The Bertz CT molecular complexity index is 177. The zero-order chi connectivity index (χ0) is 9.30. The highest BCUT2D eigenvalue weighted by Gasteiger charge is 2.40. The molecule has 0 amide bonds. The number of aliphatic carboxylic acids is 1. The van der Waals surface area contributed by atoms with Crippen LogP contribution >= 0.6 is 0 Å². The standard InChI is InChI=1S/C10H18O2/c1-4-8-7(3)6(2)5-9(8)10(11)12/h6-9H,4-5H2,1-3H3,(H,11,12). The number of carboxylic acid groups (broad SMARTS) is 1. The van der Waals surface area contributed by atoms with E-state index in [1.165, 1.54) is 0 Å². The molecule has 1 fully saturated rings. The Kier molecular flexibility index (Phi) is 2.76. The second-order valence-corrected chi connectivity index (χ2v) is 4.09. The van der Waals surface area contributed by atoms with Crippen molar-refractivity contribution in [2.24, 2.45) is 23.7 Å². The van der Waals surface area contributed by atoms with Crippen molar-refractivity contribution in [2.75, 3.05) is 0 Å². The average molecular weight is 170 g/mol. The summed E-state index contributed by atoms with van der Waals surface area (Å²) in [5.41, 5.74) is 0. The predicted molar refractivity (Wildman–Crippen MR) is 47.9 cm³/mol. The van der Waals surface area contributed by atoms with Crippen molar-refractivity contribution in [1.29, 1.82) is 0 Å². The number of carboxylic acids is 1. The van der Waals surface area contributed by atoms with E-state index in [9.17, 15) is 4.79 Å². The van der Waals surface area contributed by atoms with Gasteiger partial charge in [0, 0.05) is 0 Å². The first-order chi connectivity index (χ1) is 5.57. The van der Waals surface area contributed by atoms with Gasteiger partial charge in [0.15, 0.2) is 0 Å². The third-order valence-corrected chi connectivity index (χ3v) is 3.50. The maximum Gasteiger partial charge on any atom is 0.306 e. The van der Waals surface area contributed by atoms with Crippen LogP contribution in [0.5, 0.6) is 0 Å². The summed E-state index contributed by atoms with van der Waals surface area (Å²) in [5.74, 6) is 0.878. The SMILES string of the molecule is CCC1C(C(=O)O)CC(C)C1C. The Morgan fingerprint density at radius 1 is 1.50 bits per heavy atom. The van der Waals surface area contributed by atoms with Crippen LogP contribution in [0.15, 0.2) is 0 Å². The lowest BCUT2D eigenvalue weighted by atomic mass is 9.87. The van der Waals surface area contributed by atoms with E-state index in [0.717, 1.165) is 12.8 Å². The molecule has 2 heteroatoms. The van der Waals surface area contributed by atoms with Gasteiger partial charge in [-0.3, -0.25) is 4.79 Å². The molecule has 1 aliphatic rings. The molecule has 0 aromatic carbocycles. The van der Waals surface area contributed by atoms with Crippen molar-refractivity contribution < 1.29 is 9.90 Å². The van der Waals surface area contributed by atoms with E-state index in [4.69, 9.17) is 5.11 Å². The lowest BCUT2D eigenvalue weighted by Crippen LogP contribution is -2.20. The Morgan fingerprint density at radius 3 is 2.42 bits per heavy atom. The molecule has 0 aliphatic heterocycles. The second-order valence-electron chi connectivity index (χ2n) is 4.09. The lowest BCUT2D eigenvalue weighted by molar-refractivity contribution is -0.143. The fourth-order valence-electron chi connectivity index (χ4n) is 2.52. The van der Waals surface area contributed by atoms with Crippen LogP contribution in [0.3, 0.4) is 0 Å². The summed E-state index contributed by atoms with van der Waals surface area (Å²) in [7, 11) is 0. The van der Waals surface area contributed by atoms with Crippen molar-refractivity contribution in [3.8, 4) is 0 Å². The summed E-state index contributed by atoms with van der Waals surface area (Å²) in [4.78, 5) is 10.9. The maximum atomic E-state index is 10.9. The molecule has 0 radical (unpaired) electrons. The van der Waals surface area contributed by atoms with Gasteiger partial charge in [-0.25, -0.2) is 0 Å².